The van der Waals surface area contributed by atoms with Crippen LogP contribution in [0.25, 0.3) is 0 Å². The minimum Gasteiger partial charge on any atom is -0.489 e. The lowest BCUT2D eigenvalue weighted by molar-refractivity contribution is 0.304. The van der Waals surface area contributed by atoms with Crippen molar-refractivity contribution in [1.29, 1.82) is 5.26 Å². The van der Waals surface area contributed by atoms with Crippen molar-refractivity contribution in [2.75, 3.05) is 0 Å². The molecule has 0 atom stereocenters. The van der Waals surface area contributed by atoms with Crippen LogP contribution in [0.15, 0.2) is 48.5 Å². The lowest BCUT2D eigenvalue weighted by Crippen LogP contribution is -1.99. The normalized spacial score (nSPS) is 9.65. The fourth-order valence-corrected chi connectivity index (χ4v) is 1.63. The van der Waals surface area contributed by atoms with Crippen LogP contribution in [0.5, 0.6) is 5.75 Å². The number of para-hydroxylation sites is 1. The maximum atomic E-state index is 8.96. The standard InChI is InChI=1S/C15H13NO/c1-12-6-2-5-9-15(12)17-11-14-8-4-3-7-13(14)10-16/h2-9H,11H2,1H3. The van der Waals surface area contributed by atoms with Gasteiger partial charge < -0.3 is 4.74 Å². The fourth-order valence-electron chi connectivity index (χ4n) is 1.63. The lowest BCUT2D eigenvalue weighted by Gasteiger charge is -2.09. The zero-order chi connectivity index (χ0) is 12.1. The van der Waals surface area contributed by atoms with E-state index in [1.807, 2.05) is 49.4 Å². The summed E-state index contributed by atoms with van der Waals surface area (Å²) >= 11 is 0. The third-order valence-electron chi connectivity index (χ3n) is 2.61. The highest BCUT2D eigenvalue weighted by Crippen LogP contribution is 2.18. The number of nitrogens with zero attached hydrogens (tertiary/aromatic N) is 1. The lowest BCUT2D eigenvalue weighted by atomic mass is 10.1. The minimum atomic E-state index is 0.425. The van der Waals surface area contributed by atoms with Crippen molar-refractivity contribution >= 4 is 0 Å². The molecular weight excluding hydrogens is 210 g/mol. The van der Waals surface area contributed by atoms with E-state index in [1.165, 1.54) is 0 Å². The molecule has 0 heterocycles. The molecule has 2 nitrogen and oxygen atoms in total. The van der Waals surface area contributed by atoms with E-state index in [0.29, 0.717) is 12.2 Å². The van der Waals surface area contributed by atoms with Crippen LogP contribution in [-0.2, 0) is 6.61 Å². The third-order valence-corrected chi connectivity index (χ3v) is 2.61. The number of hydrogen-bond donors (Lipinski definition) is 0. The summed E-state index contributed by atoms with van der Waals surface area (Å²) in [6.07, 6.45) is 0. The van der Waals surface area contributed by atoms with Gasteiger partial charge in [-0.25, -0.2) is 0 Å². The molecule has 0 aliphatic carbocycles. The van der Waals surface area contributed by atoms with E-state index in [4.69, 9.17) is 10.00 Å². The summed E-state index contributed by atoms with van der Waals surface area (Å²) in [4.78, 5) is 0. The third kappa shape index (κ3) is 2.64. The van der Waals surface area contributed by atoms with Crippen LogP contribution in [0.3, 0.4) is 0 Å². The van der Waals surface area contributed by atoms with Crippen molar-refractivity contribution in [3.8, 4) is 11.8 Å². The molecule has 17 heavy (non-hydrogen) atoms. The molecule has 0 fully saturated rings. The first-order chi connectivity index (χ1) is 8.31. The molecule has 2 aromatic carbocycles. The summed E-state index contributed by atoms with van der Waals surface area (Å²) in [6, 6.07) is 17.5. The predicted octanol–water partition coefficient (Wildman–Crippen LogP) is 3.45. The Hall–Kier alpha value is -2.27. The van der Waals surface area contributed by atoms with E-state index < -0.39 is 0 Å². The van der Waals surface area contributed by atoms with Gasteiger partial charge in [0.05, 0.1) is 11.6 Å². The van der Waals surface area contributed by atoms with Gasteiger partial charge in [-0.1, -0.05) is 36.4 Å². The molecule has 0 spiro atoms. The van der Waals surface area contributed by atoms with Crippen LogP contribution in [-0.4, -0.2) is 0 Å². The highest BCUT2D eigenvalue weighted by Gasteiger charge is 2.02. The fraction of sp³-hybridized carbons (Fsp3) is 0.133. The average molecular weight is 223 g/mol. The molecule has 0 radical (unpaired) electrons. The van der Waals surface area contributed by atoms with Crippen molar-refractivity contribution in [3.05, 3.63) is 65.2 Å². The van der Waals surface area contributed by atoms with Gasteiger partial charge in [0.2, 0.25) is 0 Å². The highest BCUT2D eigenvalue weighted by molar-refractivity contribution is 5.38. The first-order valence-electron chi connectivity index (χ1n) is 5.47. The van der Waals surface area contributed by atoms with Crippen LogP contribution in [0.2, 0.25) is 0 Å². The molecule has 2 heteroatoms. The summed E-state index contributed by atoms with van der Waals surface area (Å²) in [7, 11) is 0. The van der Waals surface area contributed by atoms with Crippen LogP contribution < -0.4 is 4.74 Å². The Bertz CT molecular complexity index is 555. The zero-order valence-corrected chi connectivity index (χ0v) is 9.68. The second-order valence-electron chi connectivity index (χ2n) is 3.82. The molecule has 0 aliphatic heterocycles. The molecule has 0 N–H and O–H groups in total. The maximum absolute atomic E-state index is 8.96. The number of ether oxygens (including phenoxy) is 1. The Balaban J connectivity index is 2.13. The van der Waals surface area contributed by atoms with Gasteiger partial charge in [0.15, 0.2) is 0 Å². The Kier molecular flexibility index (Phi) is 3.42. The first-order valence-corrected chi connectivity index (χ1v) is 5.47. The average Bonchev–Trinajstić information content (AvgIpc) is 2.38. The first kappa shape index (κ1) is 11.2. The Morgan fingerprint density at radius 3 is 2.53 bits per heavy atom. The van der Waals surface area contributed by atoms with Crippen LogP contribution in [0.4, 0.5) is 0 Å². The van der Waals surface area contributed by atoms with E-state index in [0.717, 1.165) is 16.9 Å². The minimum absolute atomic E-state index is 0.425. The largest absolute Gasteiger partial charge is 0.489 e. The summed E-state index contributed by atoms with van der Waals surface area (Å²) in [5, 5.41) is 8.96. The van der Waals surface area contributed by atoms with Gasteiger partial charge in [0, 0.05) is 5.56 Å². The monoisotopic (exact) mass is 223 g/mol. The van der Waals surface area contributed by atoms with E-state index in [1.54, 1.807) is 6.07 Å². The molecule has 0 aliphatic rings. The maximum Gasteiger partial charge on any atom is 0.122 e. The number of nitriles is 1. The molecule has 2 aromatic rings. The molecule has 0 saturated carbocycles. The number of aryl methyl sites for hydroxylation is 1. The Morgan fingerprint density at radius 2 is 1.76 bits per heavy atom. The van der Waals surface area contributed by atoms with E-state index in [-0.39, 0.29) is 0 Å². The van der Waals surface area contributed by atoms with Crippen molar-refractivity contribution < 1.29 is 4.74 Å². The van der Waals surface area contributed by atoms with Gasteiger partial charge in [-0.2, -0.15) is 5.26 Å². The van der Waals surface area contributed by atoms with Crippen LogP contribution in [0, 0.1) is 18.3 Å². The summed E-state index contributed by atoms with van der Waals surface area (Å²) in [5.41, 5.74) is 2.68. The second kappa shape index (κ2) is 5.18. The van der Waals surface area contributed by atoms with E-state index >= 15 is 0 Å². The molecule has 0 bridgehead atoms. The van der Waals surface area contributed by atoms with Gasteiger partial charge in [-0.15, -0.1) is 0 Å². The molecule has 2 rings (SSSR count). The van der Waals surface area contributed by atoms with Crippen LogP contribution >= 0.6 is 0 Å². The second-order valence-corrected chi connectivity index (χ2v) is 3.82. The molecule has 0 saturated heterocycles. The predicted molar refractivity (Wildman–Crippen MR) is 66.7 cm³/mol. The summed E-state index contributed by atoms with van der Waals surface area (Å²) < 4.78 is 5.71. The van der Waals surface area contributed by atoms with Gasteiger partial charge in [0.25, 0.3) is 0 Å². The van der Waals surface area contributed by atoms with E-state index in [9.17, 15) is 0 Å². The zero-order valence-electron chi connectivity index (χ0n) is 9.68. The molecule has 0 amide bonds. The van der Waals surface area contributed by atoms with Gasteiger partial charge in [-0.3, -0.25) is 0 Å². The topological polar surface area (TPSA) is 33.0 Å². The molecule has 0 aromatic heterocycles. The SMILES string of the molecule is Cc1ccccc1OCc1ccccc1C#N. The summed E-state index contributed by atoms with van der Waals surface area (Å²) in [6.45, 7) is 2.43. The quantitative estimate of drug-likeness (QED) is 0.798. The van der Waals surface area contributed by atoms with Crippen molar-refractivity contribution in [3.63, 3.8) is 0 Å². The summed E-state index contributed by atoms with van der Waals surface area (Å²) in [5.74, 6) is 0.861. The smallest absolute Gasteiger partial charge is 0.122 e. The number of hydrogen-bond acceptors (Lipinski definition) is 2. The van der Waals surface area contributed by atoms with Gasteiger partial charge >= 0.3 is 0 Å². The van der Waals surface area contributed by atoms with Crippen molar-refractivity contribution in [2.24, 2.45) is 0 Å². The van der Waals surface area contributed by atoms with Gasteiger partial charge in [0.1, 0.15) is 12.4 Å². The van der Waals surface area contributed by atoms with Crippen molar-refractivity contribution in [1.82, 2.24) is 0 Å². The van der Waals surface area contributed by atoms with Gasteiger partial charge in [-0.05, 0) is 24.6 Å². The number of rotatable bonds is 3. The molecular formula is C15H13NO. The Morgan fingerprint density at radius 1 is 1.06 bits per heavy atom. The highest BCUT2D eigenvalue weighted by atomic mass is 16.5. The van der Waals surface area contributed by atoms with E-state index in [2.05, 4.69) is 6.07 Å². The molecule has 84 valence electrons. The number of benzene rings is 2. The Labute approximate surface area is 101 Å². The molecule has 0 unspecified atom stereocenters. The van der Waals surface area contributed by atoms with Crippen LogP contribution in [0.1, 0.15) is 16.7 Å². The van der Waals surface area contributed by atoms with Crippen molar-refractivity contribution in [2.45, 2.75) is 13.5 Å².